The Hall–Kier alpha value is -0.160. The molecule has 0 aromatic heterocycles. The third-order valence-electron chi connectivity index (χ3n) is 0.200. The van der Waals surface area contributed by atoms with Gasteiger partial charge < -0.3 is 5.73 Å². The molecule has 6 heavy (non-hydrogen) atoms. The monoisotopic (exact) mass is 124 g/mol. The van der Waals surface area contributed by atoms with Crippen molar-refractivity contribution in [1.29, 1.82) is 4.78 Å². The molecule has 0 aliphatic rings. The molecule has 0 rings (SSSR count). The van der Waals surface area contributed by atoms with Crippen LogP contribution < -0.4 is 5.73 Å². The van der Waals surface area contributed by atoms with Crippen molar-refractivity contribution in [2.45, 2.75) is 0 Å². The van der Waals surface area contributed by atoms with Crippen molar-refractivity contribution in [3.8, 4) is 0 Å². The maximum absolute atomic E-state index is 9.66. The van der Waals surface area contributed by atoms with E-state index in [1.807, 2.05) is 0 Å². The van der Waals surface area contributed by atoms with Crippen molar-refractivity contribution < 1.29 is 4.79 Å². The van der Waals surface area contributed by atoms with Crippen LogP contribution in [0.25, 0.3) is 0 Å². The summed E-state index contributed by atoms with van der Waals surface area (Å²) in [7, 11) is -1.69. The predicted molar refractivity (Wildman–Crippen MR) is 28.4 cm³/mol. The minimum Gasteiger partial charge on any atom is -0.360 e. The molecule has 1 amide bonds. The molecule has 0 heterocycles. The van der Waals surface area contributed by atoms with E-state index in [0.717, 1.165) is 0 Å². The first kappa shape index (κ1) is 5.84. The van der Waals surface area contributed by atoms with Crippen molar-refractivity contribution >= 4 is 25.7 Å². The molecule has 5 heteroatoms. The van der Waals surface area contributed by atoms with Crippen LogP contribution in [-0.4, -0.2) is 5.24 Å². The van der Waals surface area contributed by atoms with Gasteiger partial charge >= 0.3 is 0 Å². The number of amides is 1. The zero-order valence-electron chi connectivity index (χ0n) is 2.84. The van der Waals surface area contributed by atoms with Gasteiger partial charge in [0.15, 0.2) is 0 Å². The molecular weight excluding hydrogens is 120 g/mol. The molecule has 1 unspecified atom stereocenters. The van der Waals surface area contributed by atoms with Gasteiger partial charge in [0.2, 0.25) is 0 Å². The fraction of sp³-hybridized carbons (Fsp3) is 0. The molecule has 0 saturated heterocycles. The van der Waals surface area contributed by atoms with E-state index in [0.29, 0.717) is 0 Å². The predicted octanol–water partition coefficient (Wildman–Crippen LogP) is -0.360. The molecule has 3 N–H and O–H groups in total. The molecule has 0 fully saturated rings. The van der Waals surface area contributed by atoms with Gasteiger partial charge in [-0.2, -0.15) is 0 Å². The summed E-state index contributed by atoms with van der Waals surface area (Å²) in [6.07, 6.45) is 0. The maximum Gasteiger partial charge on any atom is 0.287 e. The van der Waals surface area contributed by atoms with Crippen molar-refractivity contribution in [1.82, 2.24) is 0 Å². The van der Waals surface area contributed by atoms with Crippen molar-refractivity contribution in [2.24, 2.45) is 5.73 Å². The second-order valence-electron chi connectivity index (χ2n) is 0.633. The summed E-state index contributed by atoms with van der Waals surface area (Å²) in [5.41, 5.74) is 4.53. The second kappa shape index (κ2) is 2.09. The number of nitrogens with one attached hydrogen (secondary N) is 1. The summed E-state index contributed by atoms with van der Waals surface area (Å²) >= 11 is 4.16. The molecule has 0 aromatic carbocycles. The number of primary amides is 1. The van der Waals surface area contributed by atoms with E-state index in [4.69, 9.17) is 4.78 Å². The van der Waals surface area contributed by atoms with E-state index in [9.17, 15) is 4.79 Å². The van der Waals surface area contributed by atoms with Crippen LogP contribution in [-0.2, 0) is 20.4 Å². The standard InChI is InChI=1S/CH4N2OS2/c2-1(4)6(3)5/h3,6H,(H2,2,4). The van der Waals surface area contributed by atoms with Crippen LogP contribution in [0.2, 0.25) is 0 Å². The van der Waals surface area contributed by atoms with Gasteiger partial charge in [-0.3, -0.25) is 9.57 Å². The Bertz CT molecular complexity index is 118. The first-order valence-corrected chi connectivity index (χ1v) is 3.48. The number of hydrogen-bond acceptors (Lipinski definition) is 3. The molecule has 0 radical (unpaired) electrons. The van der Waals surface area contributed by atoms with Crippen LogP contribution >= 0.6 is 0 Å². The van der Waals surface area contributed by atoms with E-state index in [-0.39, 0.29) is 0 Å². The first-order valence-electron chi connectivity index (χ1n) is 1.12. The molecule has 0 saturated carbocycles. The van der Waals surface area contributed by atoms with Gasteiger partial charge in [0.1, 0.15) is 0 Å². The Morgan fingerprint density at radius 3 is 2.17 bits per heavy atom. The third kappa shape index (κ3) is 2.10. The lowest BCUT2D eigenvalue weighted by molar-refractivity contribution is 0.267. The Balaban J connectivity index is 3.94. The van der Waals surface area contributed by atoms with E-state index in [2.05, 4.69) is 16.9 Å². The highest BCUT2D eigenvalue weighted by Crippen LogP contribution is 1.60. The molecule has 1 atom stereocenters. The highest BCUT2D eigenvalue weighted by Gasteiger charge is 1.79. The van der Waals surface area contributed by atoms with Crippen LogP contribution in [0, 0.1) is 4.78 Å². The average Bonchev–Trinajstić information content (AvgIpc) is 1.36. The second-order valence-corrected chi connectivity index (χ2v) is 2.76. The number of rotatable bonds is 0. The number of hydrogen-bond donors (Lipinski definition) is 3. The lowest BCUT2D eigenvalue weighted by Crippen LogP contribution is -2.06. The number of nitrogens with two attached hydrogens (primary N) is 1. The van der Waals surface area contributed by atoms with Gasteiger partial charge in [0, 0.05) is 0 Å². The molecule has 3 nitrogen and oxygen atoms in total. The molecule has 0 spiro atoms. The number of carbonyl (C=O) groups excluding carboxylic acids is 1. The van der Waals surface area contributed by atoms with Crippen molar-refractivity contribution in [3.05, 3.63) is 0 Å². The summed E-state index contributed by atoms with van der Waals surface area (Å²) in [4.78, 5) is 9.66. The van der Waals surface area contributed by atoms with Crippen LogP contribution in [0.3, 0.4) is 0 Å². The molecular formula is CH4N2OS2. The molecule has 0 aromatic rings. The minimum absolute atomic E-state index is 0.694. The topological polar surface area (TPSA) is 66.9 Å². The van der Waals surface area contributed by atoms with Crippen molar-refractivity contribution in [2.75, 3.05) is 0 Å². The van der Waals surface area contributed by atoms with Gasteiger partial charge in [-0.05, 0) is 20.4 Å². The fourth-order valence-corrected chi connectivity index (χ4v) is 0. The Kier molecular flexibility index (Phi) is 2.04. The average molecular weight is 124 g/mol. The van der Waals surface area contributed by atoms with Gasteiger partial charge in [0.05, 0.1) is 0 Å². The highest BCUT2D eigenvalue weighted by molar-refractivity contribution is 8.30. The van der Waals surface area contributed by atoms with Gasteiger partial charge in [-0.15, -0.1) is 0 Å². The van der Waals surface area contributed by atoms with Gasteiger partial charge in [-0.1, -0.05) is 0 Å². The summed E-state index contributed by atoms with van der Waals surface area (Å²) in [5.74, 6) is 0. The summed E-state index contributed by atoms with van der Waals surface area (Å²) in [5, 5.41) is -0.694. The number of thiol groups is 1. The smallest absolute Gasteiger partial charge is 0.287 e. The van der Waals surface area contributed by atoms with E-state index >= 15 is 0 Å². The zero-order valence-corrected chi connectivity index (χ0v) is 4.55. The Labute approximate surface area is 41.7 Å². The largest absolute Gasteiger partial charge is 0.360 e. The molecule has 0 aliphatic carbocycles. The van der Waals surface area contributed by atoms with E-state index < -0.39 is 14.5 Å². The summed E-state index contributed by atoms with van der Waals surface area (Å²) in [6, 6.07) is 0. The summed E-state index contributed by atoms with van der Waals surface area (Å²) < 4.78 is 6.44. The molecule has 0 aliphatic heterocycles. The maximum atomic E-state index is 9.66. The van der Waals surface area contributed by atoms with E-state index in [1.54, 1.807) is 0 Å². The van der Waals surface area contributed by atoms with Crippen LogP contribution in [0.5, 0.6) is 0 Å². The van der Waals surface area contributed by atoms with Crippen LogP contribution in [0.1, 0.15) is 0 Å². The van der Waals surface area contributed by atoms with Crippen LogP contribution in [0.15, 0.2) is 0 Å². The van der Waals surface area contributed by atoms with E-state index in [1.165, 1.54) is 0 Å². The van der Waals surface area contributed by atoms with Crippen molar-refractivity contribution in [3.63, 3.8) is 0 Å². The third-order valence-corrected chi connectivity index (χ3v) is 1.14. The SMILES string of the molecule is N=[SH](=S)C(N)=O. The Morgan fingerprint density at radius 1 is 2.00 bits per heavy atom. The first-order chi connectivity index (χ1) is 2.64. The summed E-state index contributed by atoms with van der Waals surface area (Å²) in [6.45, 7) is 0. The Morgan fingerprint density at radius 2 is 2.17 bits per heavy atom. The normalized spacial score (nSPS) is 13.3. The lowest BCUT2D eigenvalue weighted by Gasteiger charge is -1.72. The van der Waals surface area contributed by atoms with Crippen LogP contribution in [0.4, 0.5) is 4.79 Å². The molecule has 36 valence electrons. The minimum atomic E-state index is -1.69. The fourth-order valence-electron chi connectivity index (χ4n) is 0. The lowest BCUT2D eigenvalue weighted by atomic mass is 11.5. The molecule has 0 bridgehead atoms. The van der Waals surface area contributed by atoms with Gasteiger partial charge in [0.25, 0.3) is 5.24 Å². The zero-order chi connectivity index (χ0) is 5.15. The highest BCUT2D eigenvalue weighted by atomic mass is 32.8. The quantitative estimate of drug-likeness (QED) is 0.386. The number of carbonyl (C=O) groups is 1. The van der Waals surface area contributed by atoms with Gasteiger partial charge in [-0.25, -0.2) is 0 Å².